The van der Waals surface area contributed by atoms with E-state index in [-0.39, 0.29) is 0 Å². The summed E-state index contributed by atoms with van der Waals surface area (Å²) >= 11 is 0. The second-order valence-corrected chi connectivity index (χ2v) is 6.16. The lowest BCUT2D eigenvalue weighted by molar-refractivity contribution is 0.135. The van der Waals surface area contributed by atoms with E-state index in [1.807, 2.05) is 0 Å². The number of aryl methyl sites for hydroxylation is 1. The fourth-order valence-electron chi connectivity index (χ4n) is 3.15. The molecule has 0 aromatic heterocycles. The molecule has 1 atom stereocenters. The molecule has 1 aliphatic rings. The summed E-state index contributed by atoms with van der Waals surface area (Å²) < 4.78 is 0. The van der Waals surface area contributed by atoms with Crippen LogP contribution in [0.15, 0.2) is 30.3 Å². The molecule has 1 aromatic rings. The molecule has 0 amide bonds. The number of likely N-dealkylation sites (tertiary alicyclic amines) is 1. The standard InChI is InChI=1S/C18H30N2/c1-3-19-15-18-11-13-20(14-12-18)16(2)9-10-17-7-5-4-6-8-17/h4-8,16,18-19H,3,9-15H2,1-2H3. The number of nitrogens with zero attached hydrogens (tertiary/aromatic N) is 1. The lowest BCUT2D eigenvalue weighted by atomic mass is 9.94. The molecule has 1 aromatic carbocycles. The molecule has 2 rings (SSSR count). The normalized spacial score (nSPS) is 19.1. The fraction of sp³-hybridized carbons (Fsp3) is 0.667. The van der Waals surface area contributed by atoms with Crippen LogP contribution in [0, 0.1) is 5.92 Å². The first-order chi connectivity index (χ1) is 9.79. The summed E-state index contributed by atoms with van der Waals surface area (Å²) in [5.41, 5.74) is 1.47. The van der Waals surface area contributed by atoms with Crippen molar-refractivity contribution in [2.24, 2.45) is 5.92 Å². The Morgan fingerprint density at radius 3 is 2.55 bits per heavy atom. The van der Waals surface area contributed by atoms with Gasteiger partial charge >= 0.3 is 0 Å². The van der Waals surface area contributed by atoms with Gasteiger partial charge in [0.25, 0.3) is 0 Å². The number of nitrogens with one attached hydrogen (secondary N) is 1. The first-order valence-electron chi connectivity index (χ1n) is 8.28. The molecule has 1 aliphatic heterocycles. The summed E-state index contributed by atoms with van der Waals surface area (Å²) in [6.07, 6.45) is 5.21. The minimum Gasteiger partial charge on any atom is -0.317 e. The predicted molar refractivity (Wildman–Crippen MR) is 87.1 cm³/mol. The first kappa shape index (κ1) is 15.5. The quantitative estimate of drug-likeness (QED) is 0.820. The van der Waals surface area contributed by atoms with Crippen molar-refractivity contribution in [3.63, 3.8) is 0 Å². The van der Waals surface area contributed by atoms with Gasteiger partial charge in [-0.3, -0.25) is 0 Å². The van der Waals surface area contributed by atoms with Gasteiger partial charge in [0.2, 0.25) is 0 Å². The maximum Gasteiger partial charge on any atom is 0.00700 e. The van der Waals surface area contributed by atoms with E-state index in [0.717, 1.165) is 18.5 Å². The van der Waals surface area contributed by atoms with Crippen LogP contribution < -0.4 is 5.32 Å². The Balaban J connectivity index is 1.68. The molecule has 0 radical (unpaired) electrons. The lowest BCUT2D eigenvalue weighted by Crippen LogP contribution is -2.42. The van der Waals surface area contributed by atoms with Gasteiger partial charge in [-0.1, -0.05) is 37.3 Å². The number of hydrogen-bond acceptors (Lipinski definition) is 2. The molecule has 2 heteroatoms. The van der Waals surface area contributed by atoms with Crippen molar-refractivity contribution >= 4 is 0 Å². The summed E-state index contributed by atoms with van der Waals surface area (Å²) in [6.45, 7) is 9.48. The Hall–Kier alpha value is -0.860. The molecule has 1 fully saturated rings. The van der Waals surface area contributed by atoms with Gasteiger partial charge in [0.15, 0.2) is 0 Å². The molecule has 0 saturated carbocycles. The third kappa shape index (κ3) is 4.92. The van der Waals surface area contributed by atoms with E-state index in [1.165, 1.54) is 50.9 Å². The number of benzene rings is 1. The molecule has 1 saturated heterocycles. The highest BCUT2D eigenvalue weighted by molar-refractivity contribution is 5.14. The molecule has 0 aliphatic carbocycles. The fourth-order valence-corrected chi connectivity index (χ4v) is 3.15. The molecular weight excluding hydrogens is 244 g/mol. The molecular formula is C18H30N2. The van der Waals surface area contributed by atoms with Crippen LogP contribution in [0.2, 0.25) is 0 Å². The van der Waals surface area contributed by atoms with Crippen LogP contribution in [0.25, 0.3) is 0 Å². The van der Waals surface area contributed by atoms with Crippen LogP contribution in [0.3, 0.4) is 0 Å². The highest BCUT2D eigenvalue weighted by atomic mass is 15.2. The van der Waals surface area contributed by atoms with Crippen molar-refractivity contribution in [3.8, 4) is 0 Å². The van der Waals surface area contributed by atoms with Crippen molar-refractivity contribution < 1.29 is 0 Å². The van der Waals surface area contributed by atoms with E-state index in [0.29, 0.717) is 0 Å². The minimum absolute atomic E-state index is 0.718. The van der Waals surface area contributed by atoms with Crippen molar-refractivity contribution in [2.75, 3.05) is 26.2 Å². The molecule has 20 heavy (non-hydrogen) atoms. The Morgan fingerprint density at radius 2 is 1.90 bits per heavy atom. The highest BCUT2D eigenvalue weighted by Gasteiger charge is 2.22. The largest absolute Gasteiger partial charge is 0.317 e. The molecule has 1 unspecified atom stereocenters. The molecule has 2 nitrogen and oxygen atoms in total. The number of rotatable bonds is 7. The van der Waals surface area contributed by atoms with Gasteiger partial charge in [0.05, 0.1) is 0 Å². The maximum atomic E-state index is 3.49. The van der Waals surface area contributed by atoms with E-state index >= 15 is 0 Å². The van der Waals surface area contributed by atoms with Gasteiger partial charge < -0.3 is 10.2 Å². The zero-order valence-corrected chi connectivity index (χ0v) is 13.1. The smallest absolute Gasteiger partial charge is 0.00700 e. The second kappa shape index (κ2) is 8.43. The first-order valence-corrected chi connectivity index (χ1v) is 8.28. The minimum atomic E-state index is 0.718. The van der Waals surface area contributed by atoms with Crippen LogP contribution in [0.5, 0.6) is 0 Å². The van der Waals surface area contributed by atoms with Gasteiger partial charge in [-0.2, -0.15) is 0 Å². The van der Waals surface area contributed by atoms with E-state index in [9.17, 15) is 0 Å². The van der Waals surface area contributed by atoms with E-state index in [2.05, 4.69) is 54.4 Å². The Bertz CT molecular complexity index is 355. The van der Waals surface area contributed by atoms with Crippen molar-refractivity contribution in [1.82, 2.24) is 10.2 Å². The van der Waals surface area contributed by atoms with Crippen molar-refractivity contribution in [3.05, 3.63) is 35.9 Å². The summed E-state index contributed by atoms with van der Waals surface area (Å²) in [5, 5.41) is 3.49. The third-order valence-electron chi connectivity index (χ3n) is 4.65. The van der Waals surface area contributed by atoms with Crippen molar-refractivity contribution in [2.45, 2.75) is 45.6 Å². The monoisotopic (exact) mass is 274 g/mol. The molecule has 0 spiro atoms. The van der Waals surface area contributed by atoms with Crippen LogP contribution in [0.1, 0.15) is 38.7 Å². The Labute approximate surface area is 124 Å². The summed E-state index contributed by atoms with van der Waals surface area (Å²) in [7, 11) is 0. The predicted octanol–water partition coefficient (Wildman–Crippen LogP) is 3.33. The topological polar surface area (TPSA) is 15.3 Å². The third-order valence-corrected chi connectivity index (χ3v) is 4.65. The molecule has 112 valence electrons. The Morgan fingerprint density at radius 1 is 1.20 bits per heavy atom. The summed E-state index contributed by atoms with van der Waals surface area (Å²) in [5.74, 6) is 0.896. The zero-order valence-electron chi connectivity index (χ0n) is 13.1. The van der Waals surface area contributed by atoms with E-state index in [1.54, 1.807) is 0 Å². The van der Waals surface area contributed by atoms with Crippen LogP contribution in [-0.2, 0) is 6.42 Å². The average Bonchev–Trinajstić information content (AvgIpc) is 2.52. The molecule has 1 N–H and O–H groups in total. The van der Waals surface area contributed by atoms with E-state index < -0.39 is 0 Å². The van der Waals surface area contributed by atoms with Crippen LogP contribution in [-0.4, -0.2) is 37.1 Å². The Kier molecular flexibility index (Phi) is 6.55. The van der Waals surface area contributed by atoms with Crippen molar-refractivity contribution in [1.29, 1.82) is 0 Å². The molecule has 0 bridgehead atoms. The average molecular weight is 274 g/mol. The summed E-state index contributed by atoms with van der Waals surface area (Å²) in [4.78, 5) is 2.69. The number of piperidine rings is 1. The lowest BCUT2D eigenvalue weighted by Gasteiger charge is -2.36. The summed E-state index contributed by atoms with van der Waals surface area (Å²) in [6, 6.07) is 11.6. The van der Waals surface area contributed by atoms with Gasteiger partial charge in [-0.05, 0) is 70.3 Å². The second-order valence-electron chi connectivity index (χ2n) is 6.16. The van der Waals surface area contributed by atoms with Gasteiger partial charge in [0, 0.05) is 6.04 Å². The van der Waals surface area contributed by atoms with Crippen LogP contribution in [0.4, 0.5) is 0 Å². The maximum absolute atomic E-state index is 3.49. The highest BCUT2D eigenvalue weighted by Crippen LogP contribution is 2.20. The van der Waals surface area contributed by atoms with Gasteiger partial charge in [-0.15, -0.1) is 0 Å². The SMILES string of the molecule is CCNCC1CCN(C(C)CCc2ccccc2)CC1. The zero-order chi connectivity index (χ0) is 14.2. The van der Waals surface area contributed by atoms with Crippen LogP contribution >= 0.6 is 0 Å². The van der Waals surface area contributed by atoms with Gasteiger partial charge in [-0.25, -0.2) is 0 Å². The number of hydrogen-bond donors (Lipinski definition) is 1. The van der Waals surface area contributed by atoms with E-state index in [4.69, 9.17) is 0 Å². The molecule has 1 heterocycles. The van der Waals surface area contributed by atoms with Gasteiger partial charge in [0.1, 0.15) is 0 Å².